The molecule has 3 rings (SSSR count). The van der Waals surface area contributed by atoms with Crippen molar-refractivity contribution in [2.45, 2.75) is 32.6 Å². The largest absolute Gasteiger partial charge is 0.374 e. The van der Waals surface area contributed by atoms with E-state index in [4.69, 9.17) is 0 Å². The van der Waals surface area contributed by atoms with E-state index in [1.807, 2.05) is 11.0 Å². The molecule has 0 saturated carbocycles. The van der Waals surface area contributed by atoms with Crippen molar-refractivity contribution in [3.05, 3.63) is 29.3 Å². The van der Waals surface area contributed by atoms with Gasteiger partial charge in [0.05, 0.1) is 0 Å². The maximum Gasteiger partial charge on any atom is 0.253 e. The van der Waals surface area contributed by atoms with Crippen LogP contribution in [0.3, 0.4) is 0 Å². The number of aryl methyl sites for hydroxylation is 1. The van der Waals surface area contributed by atoms with Crippen LogP contribution >= 0.6 is 0 Å². The lowest BCUT2D eigenvalue weighted by molar-refractivity contribution is 0.0683. The minimum atomic E-state index is 0.215. The van der Waals surface area contributed by atoms with Gasteiger partial charge >= 0.3 is 0 Å². The number of piperidine rings is 1. The SMILES string of the molecule is CC1CCCN(C(=O)c2ccc3c(c2)CCCN3C)C1. The monoisotopic (exact) mass is 272 g/mol. The van der Waals surface area contributed by atoms with Crippen molar-refractivity contribution in [1.82, 2.24) is 4.90 Å². The molecule has 1 amide bonds. The summed E-state index contributed by atoms with van der Waals surface area (Å²) in [5.74, 6) is 0.851. The molecule has 3 nitrogen and oxygen atoms in total. The summed E-state index contributed by atoms with van der Waals surface area (Å²) in [6.45, 7) is 5.18. The van der Waals surface area contributed by atoms with Crippen LogP contribution in [0.15, 0.2) is 18.2 Å². The summed E-state index contributed by atoms with van der Waals surface area (Å²) >= 11 is 0. The van der Waals surface area contributed by atoms with E-state index < -0.39 is 0 Å². The summed E-state index contributed by atoms with van der Waals surface area (Å²) in [7, 11) is 2.13. The van der Waals surface area contributed by atoms with Gasteiger partial charge in [-0.1, -0.05) is 6.92 Å². The fraction of sp³-hybridized carbons (Fsp3) is 0.588. The Morgan fingerprint density at radius 3 is 2.90 bits per heavy atom. The Labute approximate surface area is 121 Å². The number of rotatable bonds is 1. The Morgan fingerprint density at radius 2 is 2.10 bits per heavy atom. The molecular formula is C17H24N2O. The van der Waals surface area contributed by atoms with Crippen molar-refractivity contribution in [3.63, 3.8) is 0 Å². The average Bonchev–Trinajstić information content (AvgIpc) is 2.46. The molecule has 108 valence electrons. The van der Waals surface area contributed by atoms with E-state index in [9.17, 15) is 4.79 Å². The number of carbonyl (C=O) groups is 1. The number of amides is 1. The summed E-state index contributed by atoms with van der Waals surface area (Å²) in [5, 5.41) is 0. The first kappa shape index (κ1) is 13.5. The summed E-state index contributed by atoms with van der Waals surface area (Å²) in [6.07, 6.45) is 4.67. The van der Waals surface area contributed by atoms with Crippen LogP contribution in [-0.2, 0) is 6.42 Å². The van der Waals surface area contributed by atoms with Crippen molar-refractivity contribution in [3.8, 4) is 0 Å². The first-order valence-corrected chi connectivity index (χ1v) is 7.78. The first-order chi connectivity index (χ1) is 9.65. The zero-order valence-electron chi connectivity index (χ0n) is 12.6. The van der Waals surface area contributed by atoms with E-state index in [0.29, 0.717) is 5.92 Å². The Kier molecular flexibility index (Phi) is 3.68. The molecule has 1 atom stereocenters. The Bertz CT molecular complexity index is 512. The number of carbonyl (C=O) groups excluding carboxylic acids is 1. The van der Waals surface area contributed by atoms with Gasteiger partial charge in [0, 0.05) is 37.9 Å². The van der Waals surface area contributed by atoms with Crippen LogP contribution in [-0.4, -0.2) is 37.5 Å². The molecule has 1 fully saturated rings. The minimum Gasteiger partial charge on any atom is -0.374 e. The lowest BCUT2D eigenvalue weighted by Crippen LogP contribution is -2.39. The molecule has 1 aromatic carbocycles. The first-order valence-electron chi connectivity index (χ1n) is 7.78. The van der Waals surface area contributed by atoms with Gasteiger partial charge in [-0.3, -0.25) is 4.79 Å². The van der Waals surface area contributed by atoms with Gasteiger partial charge in [-0.25, -0.2) is 0 Å². The van der Waals surface area contributed by atoms with Gasteiger partial charge in [-0.2, -0.15) is 0 Å². The molecule has 0 spiro atoms. The van der Waals surface area contributed by atoms with Crippen molar-refractivity contribution in [1.29, 1.82) is 0 Å². The van der Waals surface area contributed by atoms with E-state index in [-0.39, 0.29) is 5.91 Å². The van der Waals surface area contributed by atoms with Crippen LogP contribution in [0.4, 0.5) is 5.69 Å². The normalized spacial score (nSPS) is 22.6. The third kappa shape index (κ3) is 2.54. The maximum atomic E-state index is 12.6. The van der Waals surface area contributed by atoms with Gasteiger partial charge in [-0.15, -0.1) is 0 Å². The lowest BCUT2D eigenvalue weighted by Gasteiger charge is -2.32. The second-order valence-corrected chi connectivity index (χ2v) is 6.37. The summed E-state index contributed by atoms with van der Waals surface area (Å²) in [5.41, 5.74) is 3.49. The molecular weight excluding hydrogens is 248 g/mol. The number of fused-ring (bicyclic) bond motifs is 1. The predicted molar refractivity (Wildman–Crippen MR) is 82.3 cm³/mol. The van der Waals surface area contributed by atoms with Crippen LogP contribution in [0.1, 0.15) is 42.1 Å². The second-order valence-electron chi connectivity index (χ2n) is 6.37. The minimum absolute atomic E-state index is 0.215. The molecule has 0 aliphatic carbocycles. The second kappa shape index (κ2) is 5.47. The highest BCUT2D eigenvalue weighted by Crippen LogP contribution is 2.27. The van der Waals surface area contributed by atoms with E-state index >= 15 is 0 Å². The van der Waals surface area contributed by atoms with Crippen LogP contribution in [0.5, 0.6) is 0 Å². The van der Waals surface area contributed by atoms with Gasteiger partial charge in [0.15, 0.2) is 0 Å². The Balaban J connectivity index is 1.81. The zero-order chi connectivity index (χ0) is 14.1. The quantitative estimate of drug-likeness (QED) is 0.785. The van der Waals surface area contributed by atoms with E-state index in [2.05, 4.69) is 31.0 Å². The van der Waals surface area contributed by atoms with Gasteiger partial charge in [0.1, 0.15) is 0 Å². The van der Waals surface area contributed by atoms with E-state index in [0.717, 1.165) is 38.0 Å². The van der Waals surface area contributed by atoms with Gasteiger partial charge in [0.25, 0.3) is 5.91 Å². The molecule has 2 aliphatic heterocycles. The number of hydrogen-bond acceptors (Lipinski definition) is 2. The van der Waals surface area contributed by atoms with Crippen LogP contribution < -0.4 is 4.90 Å². The van der Waals surface area contributed by atoms with Gasteiger partial charge in [-0.05, 0) is 55.4 Å². The predicted octanol–water partition coefficient (Wildman–Crippen LogP) is 2.94. The molecule has 1 aromatic rings. The highest BCUT2D eigenvalue weighted by molar-refractivity contribution is 5.95. The standard InChI is InChI=1S/C17H24N2O/c1-13-5-3-10-19(12-13)17(20)15-7-8-16-14(11-15)6-4-9-18(16)2/h7-8,11,13H,3-6,9-10,12H2,1-2H3. The summed E-state index contributed by atoms with van der Waals surface area (Å²) in [4.78, 5) is 16.9. The third-order valence-electron chi connectivity index (χ3n) is 4.62. The smallest absolute Gasteiger partial charge is 0.253 e. The van der Waals surface area contributed by atoms with E-state index in [1.165, 1.54) is 24.1 Å². The highest BCUT2D eigenvalue weighted by Gasteiger charge is 2.23. The van der Waals surface area contributed by atoms with Crippen LogP contribution in [0, 0.1) is 5.92 Å². The Morgan fingerprint density at radius 1 is 1.25 bits per heavy atom. The van der Waals surface area contributed by atoms with Crippen molar-refractivity contribution in [2.75, 3.05) is 31.6 Å². The number of nitrogens with zero attached hydrogens (tertiary/aromatic N) is 2. The molecule has 0 radical (unpaired) electrons. The molecule has 20 heavy (non-hydrogen) atoms. The van der Waals surface area contributed by atoms with Crippen LogP contribution in [0.25, 0.3) is 0 Å². The summed E-state index contributed by atoms with van der Waals surface area (Å²) < 4.78 is 0. The summed E-state index contributed by atoms with van der Waals surface area (Å²) in [6, 6.07) is 6.24. The van der Waals surface area contributed by atoms with Crippen LogP contribution in [0.2, 0.25) is 0 Å². The zero-order valence-corrected chi connectivity index (χ0v) is 12.6. The fourth-order valence-corrected chi connectivity index (χ4v) is 3.47. The number of likely N-dealkylation sites (tertiary alicyclic amines) is 1. The lowest BCUT2D eigenvalue weighted by atomic mass is 9.97. The van der Waals surface area contributed by atoms with Crippen molar-refractivity contribution < 1.29 is 4.79 Å². The molecule has 0 aromatic heterocycles. The topological polar surface area (TPSA) is 23.6 Å². The molecule has 1 unspecified atom stereocenters. The van der Waals surface area contributed by atoms with Crippen molar-refractivity contribution >= 4 is 11.6 Å². The van der Waals surface area contributed by atoms with E-state index in [1.54, 1.807) is 0 Å². The molecule has 2 heterocycles. The van der Waals surface area contributed by atoms with Gasteiger partial charge in [0.2, 0.25) is 0 Å². The highest BCUT2D eigenvalue weighted by atomic mass is 16.2. The average molecular weight is 272 g/mol. The number of hydrogen-bond donors (Lipinski definition) is 0. The maximum absolute atomic E-state index is 12.6. The molecule has 2 aliphatic rings. The molecule has 1 saturated heterocycles. The molecule has 0 bridgehead atoms. The van der Waals surface area contributed by atoms with Gasteiger partial charge < -0.3 is 9.80 Å². The number of benzene rings is 1. The Hall–Kier alpha value is -1.51. The molecule has 3 heteroatoms. The van der Waals surface area contributed by atoms with Crippen molar-refractivity contribution in [2.24, 2.45) is 5.92 Å². The molecule has 0 N–H and O–H groups in total. The third-order valence-corrected chi connectivity index (χ3v) is 4.62. The fourth-order valence-electron chi connectivity index (χ4n) is 3.47. The number of anilines is 1.